The fourth-order valence-electron chi connectivity index (χ4n) is 0.995. The summed E-state index contributed by atoms with van der Waals surface area (Å²) < 4.78 is 5.23. The van der Waals surface area contributed by atoms with Crippen molar-refractivity contribution in [3.63, 3.8) is 0 Å². The van der Waals surface area contributed by atoms with Gasteiger partial charge in [-0.05, 0) is 13.8 Å². The molecule has 0 aliphatic rings. The highest BCUT2D eigenvalue weighted by molar-refractivity contribution is 7.07. The summed E-state index contributed by atoms with van der Waals surface area (Å²) in [6.45, 7) is 4.50. The van der Waals surface area contributed by atoms with Crippen LogP contribution in [0.2, 0.25) is 0 Å². The number of carbonyl (C=O) groups is 1. The fourth-order valence-corrected chi connectivity index (χ4v) is 1.54. The van der Waals surface area contributed by atoms with Crippen molar-refractivity contribution in [3.05, 3.63) is 16.6 Å². The number of likely N-dealkylation sites (N-methyl/N-ethyl adjacent to an activating group) is 1. The molecule has 1 aromatic rings. The Morgan fingerprint density at radius 2 is 2.40 bits per heavy atom. The van der Waals surface area contributed by atoms with Gasteiger partial charge in [-0.3, -0.25) is 4.79 Å². The first kappa shape index (κ1) is 12.1. The molecule has 1 rings (SSSR count). The molecule has 0 bridgehead atoms. The second kappa shape index (κ2) is 5.82. The molecular weight excluding hydrogens is 212 g/mol. The molecule has 0 spiro atoms. The van der Waals surface area contributed by atoms with Gasteiger partial charge >= 0.3 is 0 Å². The van der Waals surface area contributed by atoms with Gasteiger partial charge in [0.1, 0.15) is 6.61 Å². The molecular formula is C10H16N2O2S. The fraction of sp³-hybridized carbons (Fsp3) is 0.600. The van der Waals surface area contributed by atoms with Crippen molar-refractivity contribution in [1.29, 1.82) is 0 Å². The number of hydrogen-bond donors (Lipinski definition) is 0. The van der Waals surface area contributed by atoms with Gasteiger partial charge in [0.15, 0.2) is 0 Å². The minimum absolute atomic E-state index is 0.0169. The van der Waals surface area contributed by atoms with Gasteiger partial charge in [0.05, 0.1) is 23.9 Å². The Balaban J connectivity index is 2.33. The van der Waals surface area contributed by atoms with E-state index in [1.165, 1.54) is 11.3 Å². The molecule has 1 heterocycles. The number of carbonyl (C=O) groups excluding carboxylic acids is 1. The summed E-state index contributed by atoms with van der Waals surface area (Å²) in [6.07, 6.45) is 0.0848. The normalized spacial score (nSPS) is 10.7. The van der Waals surface area contributed by atoms with Crippen LogP contribution in [0.3, 0.4) is 0 Å². The van der Waals surface area contributed by atoms with E-state index >= 15 is 0 Å². The van der Waals surface area contributed by atoms with Crippen LogP contribution in [0.15, 0.2) is 10.9 Å². The van der Waals surface area contributed by atoms with E-state index in [9.17, 15) is 4.79 Å². The summed E-state index contributed by atoms with van der Waals surface area (Å²) in [6, 6.07) is 0. The molecule has 0 aromatic carbocycles. The minimum Gasteiger partial charge on any atom is -0.369 e. The van der Waals surface area contributed by atoms with Crippen molar-refractivity contribution in [2.24, 2.45) is 0 Å². The predicted molar refractivity (Wildman–Crippen MR) is 59.7 cm³/mol. The van der Waals surface area contributed by atoms with Crippen LogP contribution in [0.25, 0.3) is 0 Å². The van der Waals surface area contributed by atoms with E-state index in [1.54, 1.807) is 17.5 Å². The second-order valence-electron chi connectivity index (χ2n) is 3.59. The van der Waals surface area contributed by atoms with Crippen LogP contribution >= 0.6 is 11.3 Å². The lowest BCUT2D eigenvalue weighted by molar-refractivity contribution is -0.136. The summed E-state index contributed by atoms with van der Waals surface area (Å²) in [4.78, 5) is 17.3. The Bertz CT molecular complexity index is 298. The van der Waals surface area contributed by atoms with Crippen molar-refractivity contribution in [3.8, 4) is 0 Å². The predicted octanol–water partition coefficient (Wildman–Crippen LogP) is 1.53. The molecule has 0 saturated heterocycles. The van der Waals surface area contributed by atoms with E-state index in [2.05, 4.69) is 4.98 Å². The lowest BCUT2D eigenvalue weighted by Gasteiger charge is -2.16. The van der Waals surface area contributed by atoms with Gasteiger partial charge < -0.3 is 9.64 Å². The quantitative estimate of drug-likeness (QED) is 0.767. The van der Waals surface area contributed by atoms with Crippen LogP contribution in [-0.2, 0) is 16.1 Å². The average molecular weight is 228 g/mol. The Labute approximate surface area is 93.9 Å². The SMILES string of the molecule is CC(C)OCC(=O)N(C)Cc1cscn1. The molecule has 0 aliphatic heterocycles. The van der Waals surface area contributed by atoms with Crippen LogP contribution < -0.4 is 0 Å². The topological polar surface area (TPSA) is 42.4 Å². The molecule has 1 amide bonds. The van der Waals surface area contributed by atoms with Gasteiger partial charge in [-0.25, -0.2) is 4.98 Å². The van der Waals surface area contributed by atoms with Crippen LogP contribution in [0, 0.1) is 0 Å². The first-order chi connectivity index (χ1) is 7.09. The Kier molecular flexibility index (Phi) is 4.71. The van der Waals surface area contributed by atoms with Crippen molar-refractivity contribution in [1.82, 2.24) is 9.88 Å². The molecule has 0 N–H and O–H groups in total. The third-order valence-electron chi connectivity index (χ3n) is 1.85. The maximum atomic E-state index is 11.6. The third kappa shape index (κ3) is 4.40. The summed E-state index contributed by atoms with van der Waals surface area (Å²) in [5.74, 6) is -0.0169. The van der Waals surface area contributed by atoms with E-state index in [-0.39, 0.29) is 18.6 Å². The molecule has 15 heavy (non-hydrogen) atoms. The second-order valence-corrected chi connectivity index (χ2v) is 4.31. The molecule has 84 valence electrons. The van der Waals surface area contributed by atoms with Crippen LogP contribution in [-0.4, -0.2) is 35.5 Å². The molecule has 0 radical (unpaired) electrons. The zero-order valence-corrected chi connectivity index (χ0v) is 10.1. The van der Waals surface area contributed by atoms with Crippen molar-refractivity contribution >= 4 is 17.2 Å². The Morgan fingerprint density at radius 3 is 2.93 bits per heavy atom. The number of ether oxygens (including phenoxy) is 1. The van der Waals surface area contributed by atoms with Crippen molar-refractivity contribution < 1.29 is 9.53 Å². The summed E-state index contributed by atoms with van der Waals surface area (Å²) >= 11 is 1.53. The number of amides is 1. The number of rotatable bonds is 5. The molecule has 0 unspecified atom stereocenters. The lowest BCUT2D eigenvalue weighted by Crippen LogP contribution is -2.30. The highest BCUT2D eigenvalue weighted by atomic mass is 32.1. The van der Waals surface area contributed by atoms with Gasteiger partial charge in [0.2, 0.25) is 5.91 Å². The van der Waals surface area contributed by atoms with Gasteiger partial charge in [-0.15, -0.1) is 11.3 Å². The van der Waals surface area contributed by atoms with Gasteiger partial charge in [0, 0.05) is 12.4 Å². The first-order valence-electron chi connectivity index (χ1n) is 4.82. The zero-order valence-electron chi connectivity index (χ0n) is 9.27. The van der Waals surface area contributed by atoms with E-state index in [1.807, 2.05) is 19.2 Å². The first-order valence-corrected chi connectivity index (χ1v) is 5.76. The molecule has 0 atom stereocenters. The highest BCUT2D eigenvalue weighted by Crippen LogP contribution is 2.04. The maximum Gasteiger partial charge on any atom is 0.248 e. The van der Waals surface area contributed by atoms with Gasteiger partial charge in [-0.2, -0.15) is 0 Å². The zero-order chi connectivity index (χ0) is 11.3. The number of nitrogens with zero attached hydrogens (tertiary/aromatic N) is 2. The molecule has 0 saturated carbocycles. The van der Waals surface area contributed by atoms with Crippen LogP contribution in [0.4, 0.5) is 0 Å². The number of hydrogen-bond acceptors (Lipinski definition) is 4. The van der Waals surface area contributed by atoms with Crippen molar-refractivity contribution in [2.75, 3.05) is 13.7 Å². The van der Waals surface area contributed by atoms with E-state index in [0.29, 0.717) is 6.54 Å². The average Bonchev–Trinajstić information content (AvgIpc) is 2.66. The largest absolute Gasteiger partial charge is 0.369 e. The molecule has 0 fully saturated rings. The number of thiazole rings is 1. The van der Waals surface area contributed by atoms with E-state index in [0.717, 1.165) is 5.69 Å². The standard InChI is InChI=1S/C10H16N2O2S/c1-8(2)14-5-10(13)12(3)4-9-6-15-7-11-9/h6-8H,4-5H2,1-3H3. The lowest BCUT2D eigenvalue weighted by atomic mass is 10.4. The van der Waals surface area contributed by atoms with Gasteiger partial charge in [-0.1, -0.05) is 0 Å². The number of aromatic nitrogens is 1. The van der Waals surface area contributed by atoms with E-state index < -0.39 is 0 Å². The highest BCUT2D eigenvalue weighted by Gasteiger charge is 2.10. The van der Waals surface area contributed by atoms with Crippen LogP contribution in [0.1, 0.15) is 19.5 Å². The summed E-state index contributed by atoms with van der Waals surface area (Å²) in [5.41, 5.74) is 2.68. The maximum absolute atomic E-state index is 11.6. The molecule has 5 heteroatoms. The summed E-state index contributed by atoms with van der Waals surface area (Å²) in [5, 5.41) is 1.94. The monoisotopic (exact) mass is 228 g/mol. The summed E-state index contributed by atoms with van der Waals surface area (Å²) in [7, 11) is 1.76. The minimum atomic E-state index is -0.0169. The third-order valence-corrected chi connectivity index (χ3v) is 2.48. The van der Waals surface area contributed by atoms with Gasteiger partial charge in [0.25, 0.3) is 0 Å². The van der Waals surface area contributed by atoms with Crippen LogP contribution in [0.5, 0.6) is 0 Å². The van der Waals surface area contributed by atoms with E-state index in [4.69, 9.17) is 4.74 Å². The smallest absolute Gasteiger partial charge is 0.248 e. The molecule has 0 aliphatic carbocycles. The van der Waals surface area contributed by atoms with Crippen molar-refractivity contribution in [2.45, 2.75) is 26.5 Å². The Hall–Kier alpha value is -0.940. The molecule has 4 nitrogen and oxygen atoms in total. The molecule has 1 aromatic heterocycles. The Morgan fingerprint density at radius 1 is 1.67 bits per heavy atom.